The lowest BCUT2D eigenvalue weighted by Crippen LogP contribution is -2.15. The number of hydrogen-bond acceptors (Lipinski definition) is 2. The molecule has 3 nitrogen and oxygen atoms in total. The molecule has 176 valence electrons. The smallest absolute Gasteiger partial charge is 0.102 e. The lowest BCUT2D eigenvalue weighted by molar-refractivity contribution is 0.661. The summed E-state index contributed by atoms with van der Waals surface area (Å²) in [5.41, 5.74) is 10.2. The number of aromatic nitrogens is 1. The molecule has 6 aromatic rings. The molecule has 0 fully saturated rings. The lowest BCUT2D eigenvalue weighted by atomic mass is 9.82. The van der Waals surface area contributed by atoms with Gasteiger partial charge in [0.1, 0.15) is 6.07 Å². The van der Waals surface area contributed by atoms with Crippen molar-refractivity contribution in [3.8, 4) is 40.1 Å². The minimum atomic E-state index is -0.147. The molecule has 1 heterocycles. The minimum absolute atomic E-state index is 0.147. The molecule has 0 amide bonds. The maximum atomic E-state index is 10.5. The van der Waals surface area contributed by atoms with E-state index < -0.39 is 0 Å². The molecule has 0 unspecified atom stereocenters. The molecule has 0 N–H and O–H groups in total. The molecule has 0 spiro atoms. The van der Waals surface area contributed by atoms with Crippen LogP contribution in [0.1, 0.15) is 36.1 Å². The largest absolute Gasteiger partial charge is 0.308 e. The number of benzene rings is 4. The van der Waals surface area contributed by atoms with Crippen LogP contribution in [-0.4, -0.2) is 4.57 Å². The van der Waals surface area contributed by atoms with Crippen LogP contribution in [0.2, 0.25) is 0 Å². The van der Waals surface area contributed by atoms with Crippen molar-refractivity contribution in [3.05, 3.63) is 125 Å². The molecule has 5 aromatic carbocycles. The molecular weight excluding hydrogens is 462 g/mol. The number of nitriles is 2. The third kappa shape index (κ3) is 2.84. The van der Waals surface area contributed by atoms with E-state index in [1.165, 1.54) is 22.3 Å². The van der Waals surface area contributed by atoms with Crippen molar-refractivity contribution in [1.82, 2.24) is 4.57 Å². The summed E-state index contributed by atoms with van der Waals surface area (Å²) in [6, 6.07) is 41.3. The Kier molecular flexibility index (Phi) is 4.53. The molecule has 0 saturated carbocycles. The van der Waals surface area contributed by atoms with Crippen LogP contribution in [0.4, 0.5) is 0 Å². The Hall–Kier alpha value is -5.30. The van der Waals surface area contributed by atoms with Gasteiger partial charge in [-0.25, -0.2) is 0 Å². The van der Waals surface area contributed by atoms with E-state index in [9.17, 15) is 10.5 Å². The number of hydrogen-bond donors (Lipinski definition) is 0. The molecule has 0 bridgehead atoms. The van der Waals surface area contributed by atoms with E-state index in [4.69, 9.17) is 0 Å². The van der Waals surface area contributed by atoms with Gasteiger partial charge in [-0.1, -0.05) is 68.4 Å². The maximum Gasteiger partial charge on any atom is 0.102 e. The van der Waals surface area contributed by atoms with Crippen molar-refractivity contribution in [2.75, 3.05) is 0 Å². The van der Waals surface area contributed by atoms with Gasteiger partial charge in [0.15, 0.2) is 0 Å². The van der Waals surface area contributed by atoms with Gasteiger partial charge in [0.2, 0.25) is 0 Å². The third-order valence-electron chi connectivity index (χ3n) is 7.98. The Balaban J connectivity index is 1.62. The monoisotopic (exact) mass is 483 g/mol. The molecule has 1 aromatic heterocycles. The van der Waals surface area contributed by atoms with Crippen molar-refractivity contribution in [3.63, 3.8) is 0 Å². The van der Waals surface area contributed by atoms with Crippen molar-refractivity contribution >= 4 is 21.8 Å². The molecule has 38 heavy (non-hydrogen) atoms. The van der Waals surface area contributed by atoms with E-state index in [0.29, 0.717) is 16.7 Å². The summed E-state index contributed by atoms with van der Waals surface area (Å²) in [6.45, 7) is 4.56. The first-order chi connectivity index (χ1) is 18.5. The van der Waals surface area contributed by atoms with Crippen molar-refractivity contribution < 1.29 is 0 Å². The fourth-order valence-electron chi connectivity index (χ4n) is 6.21. The highest BCUT2D eigenvalue weighted by Gasteiger charge is 2.36. The average molecular weight is 484 g/mol. The van der Waals surface area contributed by atoms with Gasteiger partial charge in [-0.15, -0.1) is 0 Å². The molecule has 0 radical (unpaired) electrons. The second-order valence-electron chi connectivity index (χ2n) is 10.3. The fraction of sp³-hybridized carbons (Fsp3) is 0.0857. The SMILES string of the molecule is CC1(C)c2ccccc2-c2cc3c4ccccc4n(-c4ccc(C#N)c(-c5cc#ccc5)c4C#N)c3cc21. The summed E-state index contributed by atoms with van der Waals surface area (Å²) < 4.78 is 2.19. The number of fused-ring (bicyclic) bond motifs is 6. The topological polar surface area (TPSA) is 52.5 Å². The van der Waals surface area contributed by atoms with E-state index in [2.05, 4.69) is 97.3 Å². The third-order valence-corrected chi connectivity index (χ3v) is 7.98. The number of para-hydroxylation sites is 1. The second kappa shape index (κ2) is 7.85. The fourth-order valence-corrected chi connectivity index (χ4v) is 6.21. The van der Waals surface area contributed by atoms with E-state index in [1.807, 2.05) is 24.3 Å². The van der Waals surface area contributed by atoms with Crippen LogP contribution < -0.4 is 0 Å². The summed E-state index contributed by atoms with van der Waals surface area (Å²) >= 11 is 0. The van der Waals surface area contributed by atoms with E-state index in [1.54, 1.807) is 12.1 Å². The summed E-state index contributed by atoms with van der Waals surface area (Å²) in [5.74, 6) is 0. The van der Waals surface area contributed by atoms with Crippen LogP contribution in [0.3, 0.4) is 0 Å². The first-order valence-electron chi connectivity index (χ1n) is 12.6. The standard InChI is InChI=1S/C35H21N3/c1-35(2)29-14-8-6-12-24(29)26-18-27-25-13-7-9-15-31(25)38(33(27)19-30(26)35)32-17-16-23(20-36)34(28(32)21-37)22-10-4-3-5-11-22/h4,6-19H,1-2H3. The van der Waals surface area contributed by atoms with Gasteiger partial charge in [0.25, 0.3) is 0 Å². The predicted octanol–water partition coefficient (Wildman–Crippen LogP) is 8.10. The van der Waals surface area contributed by atoms with Gasteiger partial charge in [-0.3, -0.25) is 0 Å². The van der Waals surface area contributed by atoms with E-state index in [0.717, 1.165) is 33.1 Å². The highest BCUT2D eigenvalue weighted by atomic mass is 15.0. The van der Waals surface area contributed by atoms with Crippen LogP contribution in [0, 0.1) is 34.8 Å². The summed E-state index contributed by atoms with van der Waals surface area (Å²) in [5, 5.41) is 22.7. The van der Waals surface area contributed by atoms with Gasteiger partial charge < -0.3 is 4.57 Å². The van der Waals surface area contributed by atoms with Gasteiger partial charge in [0.05, 0.1) is 33.9 Å². The van der Waals surface area contributed by atoms with Gasteiger partial charge in [0, 0.05) is 21.8 Å². The normalized spacial score (nSPS) is 12.9. The first-order valence-corrected chi connectivity index (χ1v) is 12.6. The highest BCUT2D eigenvalue weighted by Crippen LogP contribution is 2.51. The highest BCUT2D eigenvalue weighted by molar-refractivity contribution is 6.12. The summed E-state index contributed by atoms with van der Waals surface area (Å²) in [6.07, 6.45) is 0. The Morgan fingerprint density at radius 3 is 2.34 bits per heavy atom. The molecule has 7 rings (SSSR count). The van der Waals surface area contributed by atoms with Crippen molar-refractivity contribution in [2.24, 2.45) is 0 Å². The van der Waals surface area contributed by atoms with Gasteiger partial charge >= 0.3 is 0 Å². The summed E-state index contributed by atoms with van der Waals surface area (Å²) in [4.78, 5) is 0. The van der Waals surface area contributed by atoms with Crippen LogP contribution in [0.25, 0.3) is 49.7 Å². The van der Waals surface area contributed by atoms with Crippen LogP contribution in [0.15, 0.2) is 91.0 Å². The van der Waals surface area contributed by atoms with Gasteiger partial charge in [-0.05, 0) is 76.3 Å². The zero-order chi connectivity index (χ0) is 26.0. The molecule has 1 aliphatic carbocycles. The zero-order valence-corrected chi connectivity index (χ0v) is 21.0. The molecule has 0 saturated heterocycles. The van der Waals surface area contributed by atoms with Crippen LogP contribution >= 0.6 is 0 Å². The Labute approximate surface area is 221 Å². The van der Waals surface area contributed by atoms with E-state index in [-0.39, 0.29) is 5.41 Å². The first kappa shape index (κ1) is 21.9. The molecular formula is C35H21N3. The Morgan fingerprint density at radius 1 is 0.737 bits per heavy atom. The van der Waals surface area contributed by atoms with Crippen LogP contribution in [-0.2, 0) is 5.41 Å². The Bertz CT molecular complexity index is 2010. The number of rotatable bonds is 2. The molecule has 0 atom stereocenters. The predicted molar refractivity (Wildman–Crippen MR) is 151 cm³/mol. The maximum absolute atomic E-state index is 10.5. The molecule has 1 aliphatic rings. The Morgan fingerprint density at radius 2 is 1.55 bits per heavy atom. The number of nitrogens with zero attached hydrogens (tertiary/aromatic N) is 3. The molecule has 3 heteroatoms. The average Bonchev–Trinajstić information content (AvgIpc) is 3.40. The molecule has 0 aliphatic heterocycles. The lowest BCUT2D eigenvalue weighted by Gasteiger charge is -2.22. The van der Waals surface area contributed by atoms with Crippen molar-refractivity contribution in [1.29, 1.82) is 10.5 Å². The van der Waals surface area contributed by atoms with E-state index >= 15 is 0 Å². The zero-order valence-electron chi connectivity index (χ0n) is 21.0. The minimum Gasteiger partial charge on any atom is -0.308 e. The second-order valence-corrected chi connectivity index (χ2v) is 10.3. The van der Waals surface area contributed by atoms with Crippen molar-refractivity contribution in [2.45, 2.75) is 19.3 Å². The van der Waals surface area contributed by atoms with Crippen LogP contribution in [0.5, 0.6) is 0 Å². The summed E-state index contributed by atoms with van der Waals surface area (Å²) in [7, 11) is 0. The van der Waals surface area contributed by atoms with Gasteiger partial charge in [-0.2, -0.15) is 10.5 Å². The quantitative estimate of drug-likeness (QED) is 0.250.